The maximum atomic E-state index is 6.02. The predicted molar refractivity (Wildman–Crippen MR) is 153 cm³/mol. The van der Waals surface area contributed by atoms with Crippen molar-refractivity contribution >= 4 is 23.0 Å². The highest BCUT2D eigenvalue weighted by molar-refractivity contribution is 7.80. The molecule has 1 N–H and O–H groups in total. The van der Waals surface area contributed by atoms with Gasteiger partial charge in [0.25, 0.3) is 0 Å². The normalized spacial score (nSPS) is 16.8. The zero-order chi connectivity index (χ0) is 25.9. The van der Waals surface area contributed by atoms with E-state index < -0.39 is 0 Å². The SMILES string of the molecule is COc1ccccc1-n1cccc1[C@@H]1[C@@H](c2ccccn2)NC(=S)N1c1ccc(Oc2ccccc2)cc1. The van der Waals surface area contributed by atoms with E-state index in [2.05, 4.69) is 38.1 Å². The Kier molecular flexibility index (Phi) is 6.50. The van der Waals surface area contributed by atoms with Crippen LogP contribution in [-0.2, 0) is 0 Å². The van der Waals surface area contributed by atoms with Gasteiger partial charge < -0.3 is 24.3 Å². The summed E-state index contributed by atoms with van der Waals surface area (Å²) >= 11 is 5.92. The molecule has 188 valence electrons. The van der Waals surface area contributed by atoms with Crippen LogP contribution in [0.2, 0.25) is 0 Å². The van der Waals surface area contributed by atoms with E-state index in [4.69, 9.17) is 21.7 Å². The number of anilines is 1. The van der Waals surface area contributed by atoms with Crippen LogP contribution in [0, 0.1) is 0 Å². The van der Waals surface area contributed by atoms with E-state index in [1.165, 1.54) is 0 Å². The summed E-state index contributed by atoms with van der Waals surface area (Å²) in [7, 11) is 1.69. The van der Waals surface area contributed by atoms with E-state index in [0.29, 0.717) is 5.11 Å². The Morgan fingerprint density at radius 1 is 0.789 bits per heavy atom. The topological polar surface area (TPSA) is 51.5 Å². The van der Waals surface area contributed by atoms with Crippen LogP contribution in [0.25, 0.3) is 5.69 Å². The van der Waals surface area contributed by atoms with Crippen LogP contribution in [0.3, 0.4) is 0 Å². The molecule has 0 amide bonds. The van der Waals surface area contributed by atoms with E-state index in [1.54, 1.807) is 7.11 Å². The van der Waals surface area contributed by atoms with Gasteiger partial charge in [-0.25, -0.2) is 0 Å². The Morgan fingerprint density at radius 2 is 1.53 bits per heavy atom. The summed E-state index contributed by atoms with van der Waals surface area (Å²) in [6.07, 6.45) is 3.87. The number of para-hydroxylation sites is 3. The van der Waals surface area contributed by atoms with Gasteiger partial charge in [-0.15, -0.1) is 0 Å². The van der Waals surface area contributed by atoms with Crippen molar-refractivity contribution in [3.8, 4) is 22.9 Å². The smallest absolute Gasteiger partial charge is 0.174 e. The molecule has 2 atom stereocenters. The maximum Gasteiger partial charge on any atom is 0.174 e. The average molecular weight is 519 g/mol. The number of thiocarbonyl (C=S) groups is 1. The minimum atomic E-state index is -0.168. The third kappa shape index (κ3) is 4.48. The van der Waals surface area contributed by atoms with Crippen molar-refractivity contribution in [3.05, 3.63) is 133 Å². The molecule has 0 aliphatic carbocycles. The maximum absolute atomic E-state index is 6.02. The second kappa shape index (κ2) is 10.4. The van der Waals surface area contributed by atoms with Crippen molar-refractivity contribution in [2.75, 3.05) is 12.0 Å². The zero-order valence-corrected chi connectivity index (χ0v) is 21.6. The average Bonchev–Trinajstić information content (AvgIpc) is 3.59. The fourth-order valence-corrected chi connectivity index (χ4v) is 5.26. The quantitative estimate of drug-likeness (QED) is 0.238. The second-order valence-corrected chi connectivity index (χ2v) is 9.27. The molecule has 3 aromatic carbocycles. The lowest BCUT2D eigenvalue weighted by atomic mass is 10.0. The molecule has 0 spiro atoms. The first-order valence-electron chi connectivity index (χ1n) is 12.4. The number of aromatic nitrogens is 2. The molecule has 38 heavy (non-hydrogen) atoms. The highest BCUT2D eigenvalue weighted by Gasteiger charge is 2.42. The number of benzene rings is 3. The van der Waals surface area contributed by atoms with Crippen LogP contribution in [0.1, 0.15) is 23.5 Å². The van der Waals surface area contributed by atoms with E-state index >= 15 is 0 Å². The summed E-state index contributed by atoms with van der Waals surface area (Å²) in [5, 5.41) is 4.17. The number of rotatable bonds is 7. The first-order chi connectivity index (χ1) is 18.7. The Morgan fingerprint density at radius 3 is 2.29 bits per heavy atom. The summed E-state index contributed by atoms with van der Waals surface area (Å²) < 4.78 is 13.9. The fourth-order valence-electron chi connectivity index (χ4n) is 4.92. The highest BCUT2D eigenvalue weighted by Crippen LogP contribution is 2.43. The molecule has 6 nitrogen and oxygen atoms in total. The minimum absolute atomic E-state index is 0.160. The van der Waals surface area contributed by atoms with Crippen molar-refractivity contribution < 1.29 is 9.47 Å². The van der Waals surface area contributed by atoms with Crippen molar-refractivity contribution in [2.24, 2.45) is 0 Å². The Hall–Kier alpha value is -4.62. The summed E-state index contributed by atoms with van der Waals surface area (Å²) in [5.41, 5.74) is 3.89. The Balaban J connectivity index is 1.42. The van der Waals surface area contributed by atoms with Gasteiger partial charge in [0, 0.05) is 23.8 Å². The number of methoxy groups -OCH3 is 1. The van der Waals surface area contributed by atoms with Gasteiger partial charge >= 0.3 is 0 Å². The molecule has 0 radical (unpaired) electrons. The number of hydrogen-bond donors (Lipinski definition) is 1. The Bertz CT molecular complexity index is 1540. The first-order valence-corrected chi connectivity index (χ1v) is 12.8. The third-order valence-corrected chi connectivity index (χ3v) is 6.93. The van der Waals surface area contributed by atoms with Gasteiger partial charge in [-0.2, -0.15) is 0 Å². The molecule has 6 rings (SSSR count). The van der Waals surface area contributed by atoms with E-state index in [9.17, 15) is 0 Å². The molecule has 0 saturated carbocycles. The number of nitrogens with zero attached hydrogens (tertiary/aromatic N) is 3. The summed E-state index contributed by atoms with van der Waals surface area (Å²) in [6.45, 7) is 0. The monoisotopic (exact) mass is 518 g/mol. The van der Waals surface area contributed by atoms with E-state index in [1.807, 2.05) is 103 Å². The molecular formula is C31H26N4O2S. The number of ether oxygens (including phenoxy) is 2. The number of pyridine rings is 1. The first kappa shape index (κ1) is 23.8. The van der Waals surface area contributed by atoms with Crippen molar-refractivity contribution in [3.63, 3.8) is 0 Å². The largest absolute Gasteiger partial charge is 0.495 e. The van der Waals surface area contributed by atoms with E-state index in [-0.39, 0.29) is 12.1 Å². The molecular weight excluding hydrogens is 492 g/mol. The van der Waals surface area contributed by atoms with Gasteiger partial charge in [0.05, 0.1) is 24.5 Å². The molecule has 0 bridgehead atoms. The van der Waals surface area contributed by atoms with Gasteiger partial charge in [-0.3, -0.25) is 4.98 Å². The van der Waals surface area contributed by atoms with Crippen LogP contribution in [0.15, 0.2) is 122 Å². The standard InChI is InChI=1S/C31H26N4O2S/c1-36-28-15-6-5-13-26(28)34-21-9-14-27(34)30-29(25-12-7-8-20-32-25)33-31(38)35(30)22-16-18-24(19-17-22)37-23-10-3-2-4-11-23/h2-21,29-30H,1H3,(H,33,38)/t29-,30-/m1/s1. The molecule has 2 aromatic heterocycles. The lowest BCUT2D eigenvalue weighted by Gasteiger charge is -2.29. The molecule has 1 aliphatic heterocycles. The fraction of sp³-hybridized carbons (Fsp3) is 0.0968. The van der Waals surface area contributed by atoms with Gasteiger partial charge in [0.15, 0.2) is 5.11 Å². The molecule has 5 aromatic rings. The van der Waals surface area contributed by atoms with Crippen LogP contribution < -0.4 is 19.7 Å². The molecule has 7 heteroatoms. The molecule has 3 heterocycles. The second-order valence-electron chi connectivity index (χ2n) is 8.88. The van der Waals surface area contributed by atoms with E-state index in [0.717, 1.165) is 40.0 Å². The summed E-state index contributed by atoms with van der Waals surface area (Å²) in [6, 6.07) is 35.6. The molecule has 1 saturated heterocycles. The highest BCUT2D eigenvalue weighted by atomic mass is 32.1. The van der Waals surface area contributed by atoms with Crippen LogP contribution in [-0.4, -0.2) is 21.8 Å². The Labute approximate surface area is 227 Å². The van der Waals surface area contributed by atoms with Gasteiger partial charge in [0.2, 0.25) is 0 Å². The molecule has 0 unspecified atom stereocenters. The van der Waals surface area contributed by atoms with Crippen LogP contribution >= 0.6 is 12.2 Å². The number of hydrogen-bond acceptors (Lipinski definition) is 4. The summed E-state index contributed by atoms with van der Waals surface area (Å²) in [4.78, 5) is 6.83. The molecule has 1 fully saturated rings. The minimum Gasteiger partial charge on any atom is -0.495 e. The van der Waals surface area contributed by atoms with Crippen molar-refractivity contribution in [1.29, 1.82) is 0 Å². The number of nitrogens with one attached hydrogen (secondary N) is 1. The third-order valence-electron chi connectivity index (χ3n) is 6.62. The van der Waals surface area contributed by atoms with Crippen molar-refractivity contribution in [1.82, 2.24) is 14.9 Å². The lowest BCUT2D eigenvalue weighted by Crippen LogP contribution is -2.30. The zero-order valence-electron chi connectivity index (χ0n) is 20.8. The predicted octanol–water partition coefficient (Wildman–Crippen LogP) is 6.85. The van der Waals surface area contributed by atoms with Crippen molar-refractivity contribution in [2.45, 2.75) is 12.1 Å². The van der Waals surface area contributed by atoms with Crippen LogP contribution in [0.4, 0.5) is 5.69 Å². The van der Waals surface area contributed by atoms with Gasteiger partial charge in [-0.05, 0) is 85.0 Å². The lowest BCUT2D eigenvalue weighted by molar-refractivity contribution is 0.412. The summed E-state index contributed by atoms with van der Waals surface area (Å²) in [5.74, 6) is 2.34. The van der Waals surface area contributed by atoms with Gasteiger partial charge in [0.1, 0.15) is 23.3 Å². The van der Waals surface area contributed by atoms with Gasteiger partial charge in [-0.1, -0.05) is 36.4 Å². The van der Waals surface area contributed by atoms with Crippen LogP contribution in [0.5, 0.6) is 17.2 Å². The molecule has 1 aliphatic rings.